The van der Waals surface area contributed by atoms with Crippen LogP contribution in [0.2, 0.25) is 0 Å². The van der Waals surface area contributed by atoms with Gasteiger partial charge in [-0.3, -0.25) is 0 Å². The van der Waals surface area contributed by atoms with Gasteiger partial charge in [0.25, 0.3) is 0 Å². The lowest BCUT2D eigenvalue weighted by molar-refractivity contribution is 0.140. The third-order valence-electron chi connectivity index (χ3n) is 6.53. The predicted molar refractivity (Wildman–Crippen MR) is 131 cm³/mol. The number of hydrogen-bond acceptors (Lipinski definition) is 3. The Morgan fingerprint density at radius 1 is 1.13 bits per heavy atom. The monoisotopic (exact) mass is 419 g/mol. The molecule has 0 radical (unpaired) electrons. The number of imidazole rings is 1. The Bertz CT molecular complexity index is 1030. The summed E-state index contributed by atoms with van der Waals surface area (Å²) in [6, 6.07) is 15.4. The van der Waals surface area contributed by atoms with Gasteiger partial charge in [-0.1, -0.05) is 46.8 Å². The second-order valence-electron chi connectivity index (χ2n) is 10.4. The molecule has 0 spiro atoms. The van der Waals surface area contributed by atoms with Crippen molar-refractivity contribution in [2.45, 2.75) is 72.8 Å². The Kier molecular flexibility index (Phi) is 6.00. The summed E-state index contributed by atoms with van der Waals surface area (Å²) in [5.74, 6) is 3.06. The second-order valence-corrected chi connectivity index (χ2v) is 10.4. The van der Waals surface area contributed by atoms with Crippen LogP contribution in [0.4, 0.5) is 11.6 Å². The Hall–Kier alpha value is -2.49. The molecule has 0 bridgehead atoms. The summed E-state index contributed by atoms with van der Waals surface area (Å²) in [7, 11) is 0. The molecule has 1 aliphatic carbocycles. The quantitative estimate of drug-likeness (QED) is 0.445. The molecule has 0 saturated heterocycles. The molecular weight excluding hydrogens is 382 g/mol. The Balaban J connectivity index is 1.77. The maximum absolute atomic E-state index is 5.82. The molecule has 1 aliphatic rings. The number of aromatic nitrogens is 2. The van der Waals surface area contributed by atoms with Gasteiger partial charge in [0.1, 0.15) is 5.75 Å². The number of rotatable bonds is 6. The topological polar surface area (TPSA) is 39.1 Å². The van der Waals surface area contributed by atoms with Crippen molar-refractivity contribution in [1.82, 2.24) is 9.55 Å². The number of nitrogens with one attached hydrogen (secondary N) is 1. The molecule has 2 atom stereocenters. The highest BCUT2D eigenvalue weighted by Gasteiger charge is 2.34. The fourth-order valence-corrected chi connectivity index (χ4v) is 5.36. The number of hydrogen-bond donors (Lipinski definition) is 1. The molecule has 1 saturated carbocycles. The Morgan fingerprint density at radius 2 is 1.87 bits per heavy atom. The normalized spacial score (nSPS) is 20.9. The molecule has 1 heterocycles. The van der Waals surface area contributed by atoms with E-state index in [4.69, 9.17) is 9.72 Å². The third-order valence-corrected chi connectivity index (χ3v) is 6.53. The average molecular weight is 420 g/mol. The lowest BCUT2D eigenvalue weighted by atomic mass is 9.70. The van der Waals surface area contributed by atoms with E-state index >= 15 is 0 Å². The first-order valence-corrected chi connectivity index (χ1v) is 11.8. The van der Waals surface area contributed by atoms with Crippen LogP contribution in [0.15, 0.2) is 42.5 Å². The highest BCUT2D eigenvalue weighted by atomic mass is 16.5. The van der Waals surface area contributed by atoms with E-state index in [1.165, 1.54) is 18.4 Å². The first-order chi connectivity index (χ1) is 14.8. The first-order valence-electron chi connectivity index (χ1n) is 11.8. The molecule has 166 valence electrons. The van der Waals surface area contributed by atoms with Gasteiger partial charge in [0.2, 0.25) is 5.95 Å². The lowest BCUT2D eigenvalue weighted by Crippen LogP contribution is -2.29. The zero-order valence-electron chi connectivity index (χ0n) is 19.9. The fraction of sp³-hybridized carbons (Fsp3) is 0.519. The maximum atomic E-state index is 5.82. The SMILES string of the molecule is CCOc1ccc2nc(Nc3ccc(C(C)C)cc3)n([C@H]3C[C@@H](C)CC(C)(C)C3)c2c1. The van der Waals surface area contributed by atoms with Crippen molar-refractivity contribution >= 4 is 22.7 Å². The molecule has 31 heavy (non-hydrogen) atoms. The molecule has 0 aliphatic heterocycles. The van der Waals surface area contributed by atoms with Crippen LogP contribution in [-0.4, -0.2) is 16.2 Å². The van der Waals surface area contributed by atoms with Crippen molar-refractivity contribution in [2.75, 3.05) is 11.9 Å². The van der Waals surface area contributed by atoms with Gasteiger partial charge >= 0.3 is 0 Å². The predicted octanol–water partition coefficient (Wildman–Crippen LogP) is 7.69. The van der Waals surface area contributed by atoms with Crippen molar-refractivity contribution < 1.29 is 4.74 Å². The Labute approximate surface area is 187 Å². The van der Waals surface area contributed by atoms with Gasteiger partial charge < -0.3 is 14.6 Å². The molecule has 4 heteroatoms. The minimum Gasteiger partial charge on any atom is -0.494 e. The van der Waals surface area contributed by atoms with E-state index in [9.17, 15) is 0 Å². The number of nitrogens with zero attached hydrogens (tertiary/aromatic N) is 2. The van der Waals surface area contributed by atoms with Crippen LogP contribution in [0.5, 0.6) is 5.75 Å². The van der Waals surface area contributed by atoms with Crippen LogP contribution in [0, 0.1) is 11.3 Å². The smallest absolute Gasteiger partial charge is 0.208 e. The van der Waals surface area contributed by atoms with Crippen LogP contribution in [0.25, 0.3) is 11.0 Å². The molecule has 0 unspecified atom stereocenters. The maximum Gasteiger partial charge on any atom is 0.208 e. The molecule has 3 aromatic rings. The molecule has 2 aromatic carbocycles. The van der Waals surface area contributed by atoms with Gasteiger partial charge in [0, 0.05) is 17.8 Å². The van der Waals surface area contributed by atoms with Crippen molar-refractivity contribution in [1.29, 1.82) is 0 Å². The molecule has 4 nitrogen and oxygen atoms in total. The van der Waals surface area contributed by atoms with Crippen LogP contribution in [0.3, 0.4) is 0 Å². The number of benzene rings is 2. The molecule has 0 amide bonds. The summed E-state index contributed by atoms with van der Waals surface area (Å²) in [5, 5.41) is 3.63. The highest BCUT2D eigenvalue weighted by Crippen LogP contribution is 2.46. The van der Waals surface area contributed by atoms with E-state index in [1.807, 2.05) is 13.0 Å². The molecule has 1 fully saturated rings. The van der Waals surface area contributed by atoms with E-state index in [2.05, 4.69) is 80.9 Å². The summed E-state index contributed by atoms with van der Waals surface area (Å²) in [5.41, 5.74) is 4.92. The second kappa shape index (κ2) is 8.57. The van der Waals surface area contributed by atoms with Crippen molar-refractivity contribution in [3.05, 3.63) is 48.0 Å². The van der Waals surface area contributed by atoms with Gasteiger partial charge in [0.05, 0.1) is 17.6 Å². The summed E-state index contributed by atoms with van der Waals surface area (Å²) in [6.07, 6.45) is 3.61. The molecule has 4 rings (SSSR count). The highest BCUT2D eigenvalue weighted by molar-refractivity contribution is 5.81. The summed E-state index contributed by atoms with van der Waals surface area (Å²) < 4.78 is 8.26. The van der Waals surface area contributed by atoms with E-state index in [0.717, 1.165) is 34.8 Å². The van der Waals surface area contributed by atoms with Gasteiger partial charge in [-0.15, -0.1) is 0 Å². The number of fused-ring (bicyclic) bond motifs is 1. The van der Waals surface area contributed by atoms with Crippen molar-refractivity contribution in [3.8, 4) is 5.75 Å². The standard InChI is InChI=1S/C27H37N3O/c1-7-31-23-12-13-24-25(15-23)30(22-14-19(4)16-27(5,6)17-22)26(29-24)28-21-10-8-20(9-11-21)18(2)3/h8-13,15,18-19,22H,7,14,16-17H2,1-6H3,(H,28,29)/t19-,22+/m1/s1. The molecule has 1 aromatic heterocycles. The largest absolute Gasteiger partial charge is 0.494 e. The summed E-state index contributed by atoms with van der Waals surface area (Å²) in [4.78, 5) is 5.01. The summed E-state index contributed by atoms with van der Waals surface area (Å²) >= 11 is 0. The third kappa shape index (κ3) is 4.73. The average Bonchev–Trinajstić information content (AvgIpc) is 3.04. The van der Waals surface area contributed by atoms with Crippen LogP contribution in [0.1, 0.15) is 78.3 Å². The zero-order valence-corrected chi connectivity index (χ0v) is 19.9. The van der Waals surface area contributed by atoms with E-state index in [1.54, 1.807) is 0 Å². The minimum atomic E-state index is 0.326. The van der Waals surface area contributed by atoms with Gasteiger partial charge in [-0.2, -0.15) is 0 Å². The number of anilines is 2. The Morgan fingerprint density at radius 3 is 2.52 bits per heavy atom. The minimum absolute atomic E-state index is 0.326. The zero-order chi connectivity index (χ0) is 22.2. The van der Waals surface area contributed by atoms with Crippen LogP contribution < -0.4 is 10.1 Å². The van der Waals surface area contributed by atoms with E-state index in [-0.39, 0.29) is 0 Å². The lowest BCUT2D eigenvalue weighted by Gasteiger charge is -2.40. The van der Waals surface area contributed by atoms with Crippen molar-refractivity contribution in [3.63, 3.8) is 0 Å². The first kappa shape index (κ1) is 21.7. The van der Waals surface area contributed by atoms with E-state index < -0.39 is 0 Å². The molecular formula is C27H37N3O. The van der Waals surface area contributed by atoms with Crippen LogP contribution >= 0.6 is 0 Å². The van der Waals surface area contributed by atoms with Gasteiger partial charge in [-0.25, -0.2) is 4.98 Å². The van der Waals surface area contributed by atoms with Crippen LogP contribution in [-0.2, 0) is 0 Å². The van der Waals surface area contributed by atoms with Gasteiger partial charge in [-0.05, 0) is 73.3 Å². The fourth-order valence-electron chi connectivity index (χ4n) is 5.36. The number of ether oxygens (including phenoxy) is 1. The van der Waals surface area contributed by atoms with E-state index in [0.29, 0.717) is 29.9 Å². The molecule has 1 N–H and O–H groups in total. The van der Waals surface area contributed by atoms with Gasteiger partial charge in [0.15, 0.2) is 0 Å². The summed E-state index contributed by atoms with van der Waals surface area (Å²) in [6.45, 7) is 14.3. The van der Waals surface area contributed by atoms with Crippen molar-refractivity contribution in [2.24, 2.45) is 11.3 Å².